The van der Waals surface area contributed by atoms with Gasteiger partial charge in [-0.25, -0.2) is 0 Å². The molecule has 7 aromatic rings. The number of fused-ring (bicyclic) bond motifs is 7. The molecule has 0 nitrogen and oxygen atoms in total. The van der Waals surface area contributed by atoms with Crippen LogP contribution >= 0.6 is 0 Å². The third-order valence-corrected chi connectivity index (χ3v) is 10.6. The van der Waals surface area contributed by atoms with Gasteiger partial charge in [0.15, 0.2) is 0 Å². The van der Waals surface area contributed by atoms with E-state index in [1.807, 2.05) is 0 Å². The quantitative estimate of drug-likeness (QED) is 0.0953. The topological polar surface area (TPSA) is 0 Å². The zero-order valence-electron chi connectivity index (χ0n) is 32.0. The van der Waals surface area contributed by atoms with E-state index in [0.717, 1.165) is 22.4 Å². The van der Waals surface area contributed by atoms with E-state index < -0.39 is 0 Å². The van der Waals surface area contributed by atoms with E-state index in [2.05, 4.69) is 177 Å². The third-order valence-electron chi connectivity index (χ3n) is 10.6. The molecule has 0 aromatic heterocycles. The van der Waals surface area contributed by atoms with E-state index in [0.29, 0.717) is 0 Å². The summed E-state index contributed by atoms with van der Waals surface area (Å²) >= 11 is 0. The molecule has 8 rings (SSSR count). The van der Waals surface area contributed by atoms with Crippen molar-refractivity contribution in [3.63, 3.8) is 0 Å². The van der Waals surface area contributed by atoms with Gasteiger partial charge in [-0.3, -0.25) is 0 Å². The molecule has 0 spiro atoms. The predicted octanol–water partition coefficient (Wildman–Crippen LogP) is 14.4. The van der Waals surface area contributed by atoms with Gasteiger partial charge in [0.1, 0.15) is 0 Å². The van der Waals surface area contributed by atoms with Gasteiger partial charge in [-0.15, -0.1) is 33.7 Å². The SMILES string of the molecule is CCCC1=Cc2c(-c3cc4ccccc4c4ccccc34)cccc2C1c1cc(C(C)(C)C)cc2c1[cH-]c1ccc(C(C)(C)C)cc12.C[Si]C.[Zr]. The van der Waals surface area contributed by atoms with Gasteiger partial charge in [-0.1, -0.05) is 187 Å². The summed E-state index contributed by atoms with van der Waals surface area (Å²) < 4.78 is 0. The maximum atomic E-state index is 2.55. The van der Waals surface area contributed by atoms with E-state index in [1.165, 1.54) is 87.6 Å². The van der Waals surface area contributed by atoms with Crippen molar-refractivity contribution in [3.8, 4) is 11.1 Å². The zero-order chi connectivity index (χ0) is 35.4. The van der Waals surface area contributed by atoms with Gasteiger partial charge in [-0.2, -0.15) is 0 Å². The number of rotatable bonds is 4. The average molecular weight is 759 g/mol. The van der Waals surface area contributed by atoms with Crippen molar-refractivity contribution in [2.45, 2.75) is 91.1 Å². The van der Waals surface area contributed by atoms with Crippen LogP contribution in [0.3, 0.4) is 0 Å². The van der Waals surface area contributed by atoms with E-state index in [9.17, 15) is 0 Å². The molecule has 0 amide bonds. The molecule has 0 saturated carbocycles. The van der Waals surface area contributed by atoms with Gasteiger partial charge < -0.3 is 0 Å². The van der Waals surface area contributed by atoms with Crippen LogP contribution in [-0.2, 0) is 37.0 Å². The summed E-state index contributed by atoms with van der Waals surface area (Å²) in [5.41, 5.74) is 11.4. The summed E-state index contributed by atoms with van der Waals surface area (Å²) in [6.45, 7) is 20.7. The van der Waals surface area contributed by atoms with Crippen molar-refractivity contribution >= 4 is 58.7 Å². The Hall–Kier alpha value is -3.45. The molecule has 0 aliphatic heterocycles. The number of allylic oxidation sites excluding steroid dienone is 1. The Bertz CT molecular complexity index is 2410. The normalized spacial score (nSPS) is 14.4. The molecule has 2 radical (unpaired) electrons. The summed E-state index contributed by atoms with van der Waals surface area (Å²) in [6, 6.07) is 41.9. The van der Waals surface area contributed by atoms with Crippen LogP contribution in [0.1, 0.15) is 95.0 Å². The Kier molecular flexibility index (Phi) is 10.6. The fourth-order valence-electron chi connectivity index (χ4n) is 8.12. The van der Waals surface area contributed by atoms with Gasteiger partial charge in [-0.05, 0) is 67.1 Å². The van der Waals surface area contributed by atoms with E-state index in [1.54, 1.807) is 0 Å². The molecule has 0 bridgehead atoms. The maximum absolute atomic E-state index is 2.55. The van der Waals surface area contributed by atoms with Gasteiger partial charge >= 0.3 is 0 Å². The van der Waals surface area contributed by atoms with Crippen LogP contribution in [0.5, 0.6) is 0 Å². The molecule has 0 fully saturated rings. The summed E-state index contributed by atoms with van der Waals surface area (Å²) in [4.78, 5) is 0. The second-order valence-electron chi connectivity index (χ2n) is 16.4. The first-order valence-electron chi connectivity index (χ1n) is 18.5. The van der Waals surface area contributed by atoms with Crippen molar-refractivity contribution in [2.24, 2.45) is 0 Å². The second kappa shape index (κ2) is 14.5. The first-order valence-corrected chi connectivity index (χ1v) is 20.5. The maximum Gasteiger partial charge on any atom is 0.0307 e. The van der Waals surface area contributed by atoms with Crippen LogP contribution in [0.15, 0.2) is 115 Å². The molecule has 1 aliphatic rings. The van der Waals surface area contributed by atoms with Crippen molar-refractivity contribution in [1.82, 2.24) is 0 Å². The van der Waals surface area contributed by atoms with Gasteiger partial charge in [0, 0.05) is 41.6 Å². The number of hydrogen-bond donors (Lipinski definition) is 0. The molecule has 0 saturated heterocycles. The standard InChI is InChI=1S/C47H45.C2H6Si.Zr/c1-8-14-31-25-41-37(40-23-29-15-9-10-16-34(29)35-17-11-12-18-36(35)40)19-13-20-38(41)45(31)44-28-33(47(5,6)7)27-43-39-26-32(46(2,3)4)22-21-30(39)24-42(43)44;1-3-2;/h9-13,15-28,45H,8,14H2,1-7H3;1-2H3;/q-1;;. The van der Waals surface area contributed by atoms with E-state index >= 15 is 0 Å². The molecule has 0 heterocycles. The Balaban J connectivity index is 0.00000108. The Morgan fingerprint density at radius 3 is 1.94 bits per heavy atom. The summed E-state index contributed by atoms with van der Waals surface area (Å²) in [7, 11) is 1.08. The monoisotopic (exact) mass is 757 g/mol. The summed E-state index contributed by atoms with van der Waals surface area (Å²) in [5, 5.41) is 10.8. The van der Waals surface area contributed by atoms with E-state index in [4.69, 9.17) is 0 Å². The Morgan fingerprint density at radius 1 is 0.608 bits per heavy atom. The summed E-state index contributed by atoms with van der Waals surface area (Å²) in [5.74, 6) is 0.236. The van der Waals surface area contributed by atoms with Gasteiger partial charge in [0.05, 0.1) is 0 Å². The number of hydrogen-bond acceptors (Lipinski definition) is 0. The van der Waals surface area contributed by atoms with Crippen LogP contribution < -0.4 is 0 Å². The van der Waals surface area contributed by atoms with E-state index in [-0.39, 0.29) is 43.0 Å². The van der Waals surface area contributed by atoms with Crippen LogP contribution in [0.4, 0.5) is 0 Å². The van der Waals surface area contributed by atoms with Crippen LogP contribution in [0.2, 0.25) is 13.1 Å². The van der Waals surface area contributed by atoms with Crippen LogP contribution in [0, 0.1) is 0 Å². The molecule has 2 heteroatoms. The minimum absolute atomic E-state index is 0. The molecular weight excluding hydrogens is 708 g/mol. The molecular formula is C49H51SiZr-. The number of benzene rings is 6. The zero-order valence-corrected chi connectivity index (χ0v) is 35.4. The first-order chi connectivity index (χ1) is 23.9. The first kappa shape index (κ1) is 37.3. The third kappa shape index (κ3) is 6.80. The Morgan fingerprint density at radius 2 is 1.25 bits per heavy atom. The molecule has 0 N–H and O–H groups in total. The summed E-state index contributed by atoms with van der Waals surface area (Å²) in [6.07, 6.45) is 4.77. The van der Waals surface area contributed by atoms with Crippen molar-refractivity contribution in [2.75, 3.05) is 0 Å². The van der Waals surface area contributed by atoms with Gasteiger partial charge in [0.25, 0.3) is 0 Å². The molecule has 1 aliphatic carbocycles. The second-order valence-corrected chi connectivity index (χ2v) is 17.4. The van der Waals surface area contributed by atoms with Crippen molar-refractivity contribution < 1.29 is 26.2 Å². The molecule has 256 valence electrons. The molecule has 1 unspecified atom stereocenters. The fraction of sp³-hybridized carbons (Fsp3) is 0.286. The minimum Gasteiger partial charge on any atom is -0.126 e. The van der Waals surface area contributed by atoms with Crippen molar-refractivity contribution in [1.29, 1.82) is 0 Å². The van der Waals surface area contributed by atoms with Gasteiger partial charge in [0.2, 0.25) is 0 Å². The predicted molar refractivity (Wildman–Crippen MR) is 224 cm³/mol. The molecule has 7 aromatic carbocycles. The average Bonchev–Trinajstić information content (AvgIpc) is 3.65. The molecule has 1 atom stereocenters. The van der Waals surface area contributed by atoms with Crippen molar-refractivity contribution in [3.05, 3.63) is 143 Å². The largest absolute Gasteiger partial charge is 0.126 e. The van der Waals surface area contributed by atoms with Crippen LogP contribution in [-0.4, -0.2) is 9.52 Å². The minimum atomic E-state index is 0. The Labute approximate surface area is 327 Å². The fourth-order valence-corrected chi connectivity index (χ4v) is 8.12. The van der Waals surface area contributed by atoms with Crippen LogP contribution in [0.25, 0.3) is 60.3 Å². The molecule has 51 heavy (non-hydrogen) atoms. The smallest absolute Gasteiger partial charge is 0.0307 e.